The summed E-state index contributed by atoms with van der Waals surface area (Å²) in [4.78, 5) is 0.176. The lowest BCUT2D eigenvalue weighted by Gasteiger charge is -2.08. The Balaban J connectivity index is 2.08. The molecular weight excluding hydrogens is 329 g/mol. The third kappa shape index (κ3) is 2.50. The predicted octanol–water partition coefficient (Wildman–Crippen LogP) is 2.92. The maximum absolute atomic E-state index is 13.2. The molecule has 24 heavy (non-hydrogen) atoms. The zero-order valence-corrected chi connectivity index (χ0v) is 13.8. The molecule has 0 saturated heterocycles. The van der Waals surface area contributed by atoms with Crippen LogP contribution in [0.5, 0.6) is 0 Å². The Labute approximate surface area is 140 Å². The SMILES string of the molecule is COC[C@]1(C#N)[C@H](c2ccc(F)cc2)[C@@H]1S(=O)(=O)c1ccccc1. The maximum Gasteiger partial charge on any atom is 0.183 e. The zero-order valence-electron chi connectivity index (χ0n) is 13.0. The van der Waals surface area contributed by atoms with E-state index in [1.165, 1.54) is 43.5 Å². The summed E-state index contributed by atoms with van der Waals surface area (Å²) in [5.74, 6) is -0.954. The first kappa shape index (κ1) is 16.6. The maximum atomic E-state index is 13.2. The highest BCUT2D eigenvalue weighted by Gasteiger charge is 2.72. The summed E-state index contributed by atoms with van der Waals surface area (Å²) in [5.41, 5.74) is -0.541. The third-order valence-electron chi connectivity index (χ3n) is 4.48. The van der Waals surface area contributed by atoms with Crippen molar-refractivity contribution >= 4 is 9.84 Å². The van der Waals surface area contributed by atoms with Gasteiger partial charge in [-0.05, 0) is 29.8 Å². The summed E-state index contributed by atoms with van der Waals surface area (Å²) in [6.45, 7) is 0.00226. The van der Waals surface area contributed by atoms with Crippen molar-refractivity contribution in [3.05, 3.63) is 66.0 Å². The average Bonchev–Trinajstić information content (AvgIpc) is 3.26. The second kappa shape index (κ2) is 6.00. The van der Waals surface area contributed by atoms with E-state index in [1.54, 1.807) is 18.2 Å². The van der Waals surface area contributed by atoms with E-state index < -0.39 is 32.2 Å². The van der Waals surface area contributed by atoms with Crippen LogP contribution in [0.25, 0.3) is 0 Å². The molecule has 1 saturated carbocycles. The van der Waals surface area contributed by atoms with Gasteiger partial charge in [-0.1, -0.05) is 30.3 Å². The van der Waals surface area contributed by atoms with Crippen molar-refractivity contribution in [3.63, 3.8) is 0 Å². The number of halogens is 1. The smallest absolute Gasteiger partial charge is 0.183 e. The molecule has 0 heterocycles. The van der Waals surface area contributed by atoms with Gasteiger partial charge in [0.05, 0.1) is 22.8 Å². The summed E-state index contributed by atoms with van der Waals surface area (Å²) in [6.07, 6.45) is 0. The molecule has 0 bridgehead atoms. The minimum atomic E-state index is -3.71. The molecule has 0 aromatic heterocycles. The molecule has 124 valence electrons. The van der Waals surface area contributed by atoms with Crippen LogP contribution in [0.1, 0.15) is 11.5 Å². The van der Waals surface area contributed by atoms with Crippen LogP contribution in [-0.4, -0.2) is 27.4 Å². The van der Waals surface area contributed by atoms with E-state index in [0.29, 0.717) is 5.56 Å². The Bertz CT molecular complexity index is 875. The molecule has 2 aromatic rings. The summed E-state index contributed by atoms with van der Waals surface area (Å²) >= 11 is 0. The molecular formula is C18H16FNO3S. The van der Waals surface area contributed by atoms with Crippen LogP contribution in [-0.2, 0) is 14.6 Å². The third-order valence-corrected chi connectivity index (χ3v) is 6.77. The van der Waals surface area contributed by atoms with E-state index >= 15 is 0 Å². The normalized spacial score (nSPS) is 25.9. The van der Waals surface area contributed by atoms with E-state index in [1.807, 2.05) is 0 Å². The largest absolute Gasteiger partial charge is 0.383 e. The average molecular weight is 345 g/mol. The van der Waals surface area contributed by atoms with Crippen molar-refractivity contribution in [1.82, 2.24) is 0 Å². The monoisotopic (exact) mass is 345 g/mol. The molecule has 2 aromatic carbocycles. The lowest BCUT2D eigenvalue weighted by molar-refractivity contribution is 0.162. The topological polar surface area (TPSA) is 67.2 Å². The van der Waals surface area contributed by atoms with Gasteiger partial charge in [0, 0.05) is 13.0 Å². The van der Waals surface area contributed by atoms with Gasteiger partial charge in [-0.25, -0.2) is 12.8 Å². The number of nitriles is 1. The number of hydrogen-bond donors (Lipinski definition) is 0. The van der Waals surface area contributed by atoms with Crippen molar-refractivity contribution in [3.8, 4) is 6.07 Å². The van der Waals surface area contributed by atoms with Gasteiger partial charge in [0.2, 0.25) is 0 Å². The van der Waals surface area contributed by atoms with Crippen molar-refractivity contribution in [2.24, 2.45) is 5.41 Å². The number of nitrogens with zero attached hydrogens (tertiary/aromatic N) is 1. The highest BCUT2D eigenvalue weighted by Crippen LogP contribution is 2.63. The van der Waals surface area contributed by atoms with Crippen molar-refractivity contribution in [2.75, 3.05) is 13.7 Å². The Morgan fingerprint density at radius 1 is 1.17 bits per heavy atom. The minimum Gasteiger partial charge on any atom is -0.383 e. The van der Waals surface area contributed by atoms with Gasteiger partial charge in [-0.2, -0.15) is 5.26 Å². The zero-order chi connectivity index (χ0) is 17.4. The second-order valence-electron chi connectivity index (χ2n) is 5.89. The number of methoxy groups -OCH3 is 1. The van der Waals surface area contributed by atoms with Crippen LogP contribution < -0.4 is 0 Å². The fourth-order valence-electron chi connectivity index (χ4n) is 3.34. The van der Waals surface area contributed by atoms with Gasteiger partial charge in [0.25, 0.3) is 0 Å². The van der Waals surface area contributed by atoms with Crippen LogP contribution in [0.15, 0.2) is 59.5 Å². The molecule has 1 aliphatic carbocycles. The highest BCUT2D eigenvalue weighted by molar-refractivity contribution is 7.92. The van der Waals surface area contributed by atoms with Crippen LogP contribution in [0.3, 0.4) is 0 Å². The fraction of sp³-hybridized carbons (Fsp3) is 0.278. The van der Waals surface area contributed by atoms with Crippen molar-refractivity contribution in [2.45, 2.75) is 16.1 Å². The number of ether oxygens (including phenoxy) is 1. The standard InChI is InChI=1S/C18H16FNO3S/c1-23-12-18(11-20)16(13-7-9-14(19)10-8-13)17(18)24(21,22)15-5-3-2-4-6-15/h2-10,16-17H,12H2,1H3/t16-,17+,18-/m1/s1. The molecule has 6 heteroatoms. The van der Waals surface area contributed by atoms with Gasteiger partial charge in [0.15, 0.2) is 9.84 Å². The van der Waals surface area contributed by atoms with E-state index in [0.717, 1.165) is 0 Å². The second-order valence-corrected chi connectivity index (χ2v) is 7.96. The highest BCUT2D eigenvalue weighted by atomic mass is 32.2. The first-order chi connectivity index (χ1) is 11.5. The van der Waals surface area contributed by atoms with Gasteiger partial charge in [-0.15, -0.1) is 0 Å². The molecule has 3 rings (SSSR count). The predicted molar refractivity (Wildman–Crippen MR) is 86.5 cm³/mol. The Morgan fingerprint density at radius 2 is 1.79 bits per heavy atom. The van der Waals surface area contributed by atoms with Gasteiger partial charge >= 0.3 is 0 Å². The molecule has 0 spiro atoms. The van der Waals surface area contributed by atoms with Gasteiger partial charge < -0.3 is 4.74 Å². The number of hydrogen-bond acceptors (Lipinski definition) is 4. The van der Waals surface area contributed by atoms with E-state index in [9.17, 15) is 18.1 Å². The Hall–Kier alpha value is -2.23. The Kier molecular flexibility index (Phi) is 4.16. The molecule has 0 amide bonds. The molecule has 3 atom stereocenters. The Morgan fingerprint density at radius 3 is 2.33 bits per heavy atom. The lowest BCUT2D eigenvalue weighted by atomic mass is 10.0. The molecule has 0 unspecified atom stereocenters. The summed E-state index contributed by atoms with van der Waals surface area (Å²) < 4.78 is 44.3. The summed E-state index contributed by atoms with van der Waals surface area (Å²) in [7, 11) is -2.28. The molecule has 4 nitrogen and oxygen atoms in total. The van der Waals surface area contributed by atoms with Crippen LogP contribution in [0.2, 0.25) is 0 Å². The number of rotatable bonds is 5. The lowest BCUT2D eigenvalue weighted by Crippen LogP contribution is -2.19. The number of sulfone groups is 1. The molecule has 1 fully saturated rings. The summed E-state index contributed by atoms with van der Waals surface area (Å²) in [6, 6.07) is 15.8. The van der Waals surface area contributed by atoms with Crippen molar-refractivity contribution in [1.29, 1.82) is 5.26 Å². The van der Waals surface area contributed by atoms with Gasteiger partial charge in [0.1, 0.15) is 11.2 Å². The van der Waals surface area contributed by atoms with Crippen LogP contribution in [0, 0.1) is 22.6 Å². The quantitative estimate of drug-likeness (QED) is 0.836. The minimum absolute atomic E-state index is 0.00226. The van der Waals surface area contributed by atoms with Gasteiger partial charge in [-0.3, -0.25) is 0 Å². The first-order valence-corrected chi connectivity index (χ1v) is 8.96. The molecule has 0 aliphatic heterocycles. The first-order valence-electron chi connectivity index (χ1n) is 7.42. The molecule has 1 aliphatic rings. The van der Waals surface area contributed by atoms with E-state index in [4.69, 9.17) is 4.74 Å². The van der Waals surface area contributed by atoms with Crippen LogP contribution >= 0.6 is 0 Å². The summed E-state index contributed by atoms with van der Waals surface area (Å²) in [5, 5.41) is 8.77. The van der Waals surface area contributed by atoms with E-state index in [-0.39, 0.29) is 11.5 Å². The molecule has 0 radical (unpaired) electrons. The number of benzene rings is 2. The fourth-order valence-corrected chi connectivity index (χ4v) is 5.67. The van der Waals surface area contributed by atoms with E-state index in [2.05, 4.69) is 6.07 Å². The van der Waals surface area contributed by atoms with Crippen LogP contribution in [0.4, 0.5) is 4.39 Å². The van der Waals surface area contributed by atoms with Crippen molar-refractivity contribution < 1.29 is 17.5 Å². The molecule has 0 N–H and O–H groups in total.